The maximum Gasteiger partial charge on any atom is 0.255 e. The number of nitrogens with one attached hydrogen (secondary N) is 3. The van der Waals surface area contributed by atoms with E-state index in [0.717, 1.165) is 81.2 Å². The van der Waals surface area contributed by atoms with Crippen LogP contribution in [0.3, 0.4) is 0 Å². The lowest BCUT2D eigenvalue weighted by atomic mass is 10.00. The molecule has 1 unspecified atom stereocenters. The zero-order chi connectivity index (χ0) is 44.0. The normalized spacial score (nSPS) is 19.1. The Morgan fingerprint density at radius 1 is 0.905 bits per heavy atom. The Morgan fingerprint density at radius 3 is 2.43 bits per heavy atom. The second-order valence-electron chi connectivity index (χ2n) is 17.1. The molecule has 3 aromatic carbocycles. The van der Waals surface area contributed by atoms with E-state index in [4.69, 9.17) is 9.72 Å². The molecule has 0 bridgehead atoms. The van der Waals surface area contributed by atoms with Gasteiger partial charge in [0.2, 0.25) is 17.8 Å². The number of carbonyl (C=O) groups is 3. The van der Waals surface area contributed by atoms with E-state index in [1.54, 1.807) is 43.9 Å². The summed E-state index contributed by atoms with van der Waals surface area (Å²) in [6.07, 6.45) is 7.66. The van der Waals surface area contributed by atoms with Gasteiger partial charge in [0, 0.05) is 101 Å². The number of halogens is 1. The fourth-order valence-corrected chi connectivity index (χ4v) is 11.1. The molecule has 5 aromatic rings. The van der Waals surface area contributed by atoms with Crippen LogP contribution in [0, 0.1) is 6.92 Å². The molecule has 0 radical (unpaired) electrons. The number of aryl methyl sites for hydroxylation is 1. The van der Waals surface area contributed by atoms with Crippen molar-refractivity contribution in [2.45, 2.75) is 57.8 Å². The Hall–Kier alpha value is -5.48. The smallest absolute Gasteiger partial charge is 0.255 e. The van der Waals surface area contributed by atoms with Gasteiger partial charge in [0.1, 0.15) is 30.3 Å². The molecule has 328 valence electrons. The third kappa shape index (κ3) is 8.88. The van der Waals surface area contributed by atoms with Crippen molar-refractivity contribution in [2.75, 3.05) is 75.2 Å². The summed E-state index contributed by atoms with van der Waals surface area (Å²) in [6, 6.07) is 13.8. The second-order valence-corrected chi connectivity index (χ2v) is 21.1. The van der Waals surface area contributed by atoms with Gasteiger partial charge in [-0.15, -0.1) is 0 Å². The Balaban J connectivity index is 0.795. The molecule has 4 aliphatic heterocycles. The Labute approximate surface area is 374 Å². The quantitative estimate of drug-likeness (QED) is 0.107. The number of nitrogens with zero attached hydrogens (tertiary/aromatic N) is 8. The van der Waals surface area contributed by atoms with E-state index in [9.17, 15) is 18.9 Å². The minimum absolute atomic E-state index is 0.137. The number of hydrogen-bond donors (Lipinski definition) is 3. The summed E-state index contributed by atoms with van der Waals surface area (Å²) in [4.78, 5) is 64.7. The fourth-order valence-electron chi connectivity index (χ4n) is 9.46. The predicted octanol–water partition coefficient (Wildman–Crippen LogP) is 5.78. The van der Waals surface area contributed by atoms with Crippen molar-refractivity contribution in [1.29, 1.82) is 0 Å². The number of carbonyl (C=O) groups excluding carboxylic acids is 3. The molecule has 3 N–H and O–H groups in total. The van der Waals surface area contributed by atoms with E-state index in [1.165, 1.54) is 5.56 Å². The summed E-state index contributed by atoms with van der Waals surface area (Å²) in [5, 5.41) is 9.73. The number of amides is 3. The first-order chi connectivity index (χ1) is 30.3. The largest absolute Gasteiger partial charge is 0.494 e. The molecule has 0 spiro atoms. The number of ether oxygens (including phenoxy) is 1. The third-order valence-corrected chi connectivity index (χ3v) is 14.7. The summed E-state index contributed by atoms with van der Waals surface area (Å²) in [6.45, 7) is 12.6. The van der Waals surface area contributed by atoms with E-state index in [1.807, 2.05) is 24.3 Å². The standard InChI is InChI=1S/C45H51BrN11O5P/c1-27-21-35(51-45-49-24-32(46)42(53-45)50-34-8-7-33-40(48-14-13-47-33)41(34)63(3,4)61)38(62-2)23-37(27)56-15-11-30(12-16-56)55-19-17-54(18-20-55)25-28-5-6-31-29(22-28)26-57(44(31)60)36-9-10-39(58)52-43(36)59/h5-8,13-14,21-24,30,36H,9-12,15-20,25-26H2,1-4H3,(H,52,58,59)(H2,49,50,51,53). The van der Waals surface area contributed by atoms with Crippen molar-refractivity contribution in [3.63, 3.8) is 0 Å². The van der Waals surface area contributed by atoms with E-state index in [2.05, 4.69) is 86.7 Å². The maximum absolute atomic E-state index is 13.5. The van der Waals surface area contributed by atoms with Crippen molar-refractivity contribution in [3.05, 3.63) is 87.8 Å². The maximum atomic E-state index is 13.5. The zero-order valence-electron chi connectivity index (χ0n) is 35.9. The molecular weight excluding hydrogens is 885 g/mol. The summed E-state index contributed by atoms with van der Waals surface area (Å²) < 4.78 is 20.1. The van der Waals surface area contributed by atoms with Gasteiger partial charge in [-0.1, -0.05) is 12.1 Å². The number of hydrogen-bond acceptors (Lipinski definition) is 14. The van der Waals surface area contributed by atoms with Crippen LogP contribution in [-0.2, 0) is 27.2 Å². The Morgan fingerprint density at radius 2 is 1.68 bits per heavy atom. The third-order valence-electron chi connectivity index (χ3n) is 12.6. The summed E-state index contributed by atoms with van der Waals surface area (Å²) >= 11 is 3.59. The van der Waals surface area contributed by atoms with Gasteiger partial charge in [0.25, 0.3) is 5.91 Å². The average Bonchev–Trinajstić information content (AvgIpc) is 3.59. The topological polar surface area (TPSA) is 178 Å². The zero-order valence-corrected chi connectivity index (χ0v) is 38.3. The summed E-state index contributed by atoms with van der Waals surface area (Å²) in [5.74, 6) is 0.752. The van der Waals surface area contributed by atoms with E-state index in [-0.39, 0.29) is 24.1 Å². The van der Waals surface area contributed by atoms with Crippen molar-refractivity contribution >= 4 is 86.0 Å². The second kappa shape index (κ2) is 17.6. The van der Waals surface area contributed by atoms with Crippen molar-refractivity contribution < 1.29 is 23.7 Å². The van der Waals surface area contributed by atoms with Crippen molar-refractivity contribution in [3.8, 4) is 5.75 Å². The molecule has 0 aliphatic carbocycles. The number of rotatable bonds is 11. The fraction of sp³-hybridized carbons (Fsp3) is 0.400. The molecule has 6 heterocycles. The van der Waals surface area contributed by atoms with Crippen LogP contribution in [0.1, 0.15) is 52.7 Å². The molecule has 18 heteroatoms. The average molecular weight is 937 g/mol. The van der Waals surface area contributed by atoms with Gasteiger partial charge >= 0.3 is 0 Å². The van der Waals surface area contributed by atoms with Crippen LogP contribution < -0.4 is 30.9 Å². The van der Waals surface area contributed by atoms with Crippen molar-refractivity contribution in [2.24, 2.45) is 0 Å². The molecule has 3 amide bonds. The highest BCUT2D eigenvalue weighted by atomic mass is 79.9. The molecule has 0 saturated carbocycles. The number of aromatic nitrogens is 4. The van der Waals surface area contributed by atoms with Crippen LogP contribution in [0.4, 0.5) is 28.8 Å². The summed E-state index contributed by atoms with van der Waals surface area (Å²) in [7, 11) is -1.10. The molecule has 1 atom stereocenters. The van der Waals surface area contributed by atoms with Crippen LogP contribution >= 0.6 is 23.1 Å². The van der Waals surface area contributed by atoms with Gasteiger partial charge in [-0.05, 0) is 96.4 Å². The van der Waals surface area contributed by atoms with Crippen LogP contribution in [0.25, 0.3) is 11.0 Å². The number of fused-ring (bicyclic) bond motifs is 2. The molecular formula is C45H51BrN11O5P. The molecule has 3 saturated heterocycles. The molecule has 4 aliphatic rings. The molecule has 9 rings (SSSR count). The molecule has 63 heavy (non-hydrogen) atoms. The van der Waals surface area contributed by atoms with Gasteiger partial charge in [0.05, 0.1) is 33.8 Å². The van der Waals surface area contributed by atoms with E-state index >= 15 is 0 Å². The molecule has 16 nitrogen and oxygen atoms in total. The highest BCUT2D eigenvalue weighted by molar-refractivity contribution is 9.10. The van der Waals surface area contributed by atoms with Gasteiger partial charge in [-0.3, -0.25) is 39.5 Å². The van der Waals surface area contributed by atoms with E-state index < -0.39 is 13.2 Å². The van der Waals surface area contributed by atoms with Crippen molar-refractivity contribution in [1.82, 2.24) is 40.0 Å². The first kappa shape index (κ1) is 42.8. The van der Waals surface area contributed by atoms with Crippen LogP contribution in [-0.4, -0.2) is 124 Å². The number of methoxy groups -OCH3 is 1. The number of anilines is 5. The number of piperidine rings is 2. The van der Waals surface area contributed by atoms with Gasteiger partial charge in [-0.2, -0.15) is 4.98 Å². The van der Waals surface area contributed by atoms with Crippen LogP contribution in [0.15, 0.2) is 65.5 Å². The number of benzene rings is 3. The first-order valence-electron chi connectivity index (χ1n) is 21.3. The Kier molecular flexibility index (Phi) is 12.0. The highest BCUT2D eigenvalue weighted by Gasteiger charge is 2.39. The lowest BCUT2D eigenvalue weighted by Crippen LogP contribution is -2.53. The van der Waals surface area contributed by atoms with Gasteiger partial charge < -0.3 is 29.7 Å². The SMILES string of the molecule is COc1cc(N2CCC(N3CCN(Cc4ccc5c(c4)CN(C4CCC(=O)NC4=O)C5=O)CC3)CC2)c(C)cc1Nc1ncc(Br)c(Nc2ccc3nccnc3c2P(C)(C)=O)n1. The monoisotopic (exact) mass is 935 g/mol. The molecule has 2 aromatic heterocycles. The lowest BCUT2D eigenvalue weighted by Gasteiger charge is -2.43. The molecule has 3 fully saturated rings. The number of imide groups is 1. The van der Waals surface area contributed by atoms with Gasteiger partial charge in [-0.25, -0.2) is 4.98 Å². The lowest BCUT2D eigenvalue weighted by molar-refractivity contribution is -0.136. The first-order valence-corrected chi connectivity index (χ1v) is 24.7. The van der Waals surface area contributed by atoms with Crippen LogP contribution in [0.2, 0.25) is 0 Å². The minimum Gasteiger partial charge on any atom is -0.494 e. The minimum atomic E-state index is -2.77. The van der Waals surface area contributed by atoms with Crippen LogP contribution in [0.5, 0.6) is 5.75 Å². The highest BCUT2D eigenvalue weighted by Crippen LogP contribution is 2.42. The Bertz CT molecular complexity index is 2660. The summed E-state index contributed by atoms with van der Waals surface area (Å²) in [5.41, 5.74) is 7.67. The van der Waals surface area contributed by atoms with Gasteiger partial charge in [0.15, 0.2) is 0 Å². The number of piperazine rings is 1. The predicted molar refractivity (Wildman–Crippen MR) is 247 cm³/mol. The van der Waals surface area contributed by atoms with E-state index in [0.29, 0.717) is 68.6 Å².